The predicted molar refractivity (Wildman–Crippen MR) is 91.7 cm³/mol. The quantitative estimate of drug-likeness (QED) is 0.823. The smallest absolute Gasteiger partial charge is 0.242 e. The van der Waals surface area contributed by atoms with Gasteiger partial charge < -0.3 is 19.9 Å². The highest BCUT2D eigenvalue weighted by atomic mass is 35.5. The molecule has 0 radical (unpaired) electrons. The van der Waals surface area contributed by atoms with Gasteiger partial charge in [0.25, 0.3) is 0 Å². The molecule has 0 unspecified atom stereocenters. The summed E-state index contributed by atoms with van der Waals surface area (Å²) < 4.78 is 5.55. The second kappa shape index (κ2) is 8.85. The van der Waals surface area contributed by atoms with Gasteiger partial charge in [-0.1, -0.05) is 0 Å². The number of amides is 2. The second-order valence-corrected chi connectivity index (χ2v) is 6.65. The molecule has 2 saturated heterocycles. The van der Waals surface area contributed by atoms with E-state index in [0.717, 1.165) is 19.4 Å². The number of nitrogens with one attached hydrogen (secondary N) is 1. The van der Waals surface area contributed by atoms with Crippen molar-refractivity contribution in [3.63, 3.8) is 0 Å². The Labute approximate surface area is 145 Å². The van der Waals surface area contributed by atoms with Gasteiger partial charge in [0.05, 0.1) is 12.7 Å². The van der Waals surface area contributed by atoms with Gasteiger partial charge in [0.1, 0.15) is 6.04 Å². The average molecular weight is 348 g/mol. The van der Waals surface area contributed by atoms with E-state index in [2.05, 4.69) is 5.32 Å². The first-order valence-electron chi connectivity index (χ1n) is 8.32. The van der Waals surface area contributed by atoms with Gasteiger partial charge in [0, 0.05) is 38.6 Å². The zero-order valence-electron chi connectivity index (χ0n) is 14.6. The van der Waals surface area contributed by atoms with Crippen LogP contribution in [0.5, 0.6) is 0 Å². The molecule has 2 aliphatic heterocycles. The summed E-state index contributed by atoms with van der Waals surface area (Å²) in [5.41, 5.74) is 0. The number of ether oxygens (including phenoxy) is 1. The largest absolute Gasteiger partial charge is 0.375 e. The van der Waals surface area contributed by atoms with Crippen LogP contribution in [-0.2, 0) is 14.3 Å². The third kappa shape index (κ3) is 4.81. The van der Waals surface area contributed by atoms with E-state index in [1.165, 1.54) is 0 Å². The topological polar surface area (TPSA) is 61.9 Å². The van der Waals surface area contributed by atoms with Crippen LogP contribution in [0.25, 0.3) is 0 Å². The minimum Gasteiger partial charge on any atom is -0.375 e. The van der Waals surface area contributed by atoms with Crippen LogP contribution in [-0.4, -0.2) is 73.1 Å². The molecular weight excluding hydrogens is 318 g/mol. The normalized spacial score (nSPS) is 25.9. The van der Waals surface area contributed by atoms with E-state index in [4.69, 9.17) is 4.74 Å². The van der Waals surface area contributed by atoms with Crippen LogP contribution < -0.4 is 5.32 Å². The molecule has 2 fully saturated rings. The molecule has 134 valence electrons. The summed E-state index contributed by atoms with van der Waals surface area (Å²) in [5, 5.41) is 3.24. The second-order valence-electron chi connectivity index (χ2n) is 6.65. The molecular formula is C16H30ClN3O3. The summed E-state index contributed by atoms with van der Waals surface area (Å²) in [7, 11) is 1.86. The Bertz CT molecular complexity index is 411. The number of hydrogen-bond acceptors (Lipinski definition) is 4. The molecule has 7 heteroatoms. The zero-order valence-corrected chi connectivity index (χ0v) is 15.4. The van der Waals surface area contributed by atoms with Gasteiger partial charge in [-0.2, -0.15) is 0 Å². The number of carbonyl (C=O) groups excluding carboxylic acids is 2. The van der Waals surface area contributed by atoms with Crippen molar-refractivity contribution >= 4 is 24.2 Å². The van der Waals surface area contributed by atoms with E-state index in [1.54, 1.807) is 4.90 Å². The molecule has 0 spiro atoms. The van der Waals surface area contributed by atoms with Gasteiger partial charge in [-0.15, -0.1) is 12.4 Å². The Morgan fingerprint density at radius 2 is 1.87 bits per heavy atom. The predicted octanol–water partition coefficient (Wildman–Crippen LogP) is 0.891. The minimum atomic E-state index is -0.251. The number of piperidine rings is 1. The summed E-state index contributed by atoms with van der Waals surface area (Å²) in [4.78, 5) is 28.6. The Kier molecular flexibility index (Phi) is 7.77. The average Bonchev–Trinajstić information content (AvgIpc) is 2.53. The standard InChI is InChI=1S/C16H29N3O3.ClH/c1-11(2)18(4)15(20)13-5-8-19(9-6-13)16(21)14-12(3)22-10-7-17-14;/h11-14,17H,5-10H2,1-4H3;1H/t12-,14+;/m1./s1. The molecule has 2 aliphatic rings. The van der Waals surface area contributed by atoms with Gasteiger partial charge in [-0.3, -0.25) is 9.59 Å². The highest BCUT2D eigenvalue weighted by molar-refractivity contribution is 5.85. The number of likely N-dealkylation sites (tertiary alicyclic amines) is 1. The van der Waals surface area contributed by atoms with Crippen molar-refractivity contribution in [3.05, 3.63) is 0 Å². The fourth-order valence-electron chi connectivity index (χ4n) is 3.10. The van der Waals surface area contributed by atoms with E-state index < -0.39 is 0 Å². The summed E-state index contributed by atoms with van der Waals surface area (Å²) in [5.74, 6) is 0.356. The molecule has 0 bridgehead atoms. The molecule has 2 rings (SSSR count). The molecule has 2 atom stereocenters. The number of nitrogens with zero attached hydrogens (tertiary/aromatic N) is 2. The van der Waals surface area contributed by atoms with Crippen molar-refractivity contribution in [1.82, 2.24) is 15.1 Å². The van der Waals surface area contributed by atoms with Crippen LogP contribution in [0.1, 0.15) is 33.6 Å². The Hall–Kier alpha value is -0.850. The summed E-state index contributed by atoms with van der Waals surface area (Å²) in [6.07, 6.45) is 1.42. The van der Waals surface area contributed by atoms with Crippen LogP contribution in [0.2, 0.25) is 0 Å². The van der Waals surface area contributed by atoms with E-state index in [-0.39, 0.29) is 48.3 Å². The van der Waals surface area contributed by atoms with Gasteiger partial charge in [-0.05, 0) is 33.6 Å². The maximum absolute atomic E-state index is 12.6. The molecule has 6 nitrogen and oxygen atoms in total. The number of halogens is 1. The molecule has 0 aromatic heterocycles. The number of carbonyl (C=O) groups is 2. The number of morpholine rings is 1. The lowest BCUT2D eigenvalue weighted by Crippen LogP contribution is -2.58. The maximum Gasteiger partial charge on any atom is 0.242 e. The molecule has 0 aromatic rings. The fraction of sp³-hybridized carbons (Fsp3) is 0.875. The minimum absolute atomic E-state index is 0. The maximum atomic E-state index is 12.6. The van der Waals surface area contributed by atoms with E-state index >= 15 is 0 Å². The Morgan fingerprint density at radius 1 is 1.26 bits per heavy atom. The fourth-order valence-corrected chi connectivity index (χ4v) is 3.10. The zero-order chi connectivity index (χ0) is 16.3. The lowest BCUT2D eigenvalue weighted by molar-refractivity contribution is -0.145. The van der Waals surface area contributed by atoms with E-state index in [0.29, 0.717) is 19.7 Å². The first-order chi connectivity index (χ1) is 10.4. The molecule has 0 aliphatic carbocycles. The van der Waals surface area contributed by atoms with Crippen LogP contribution in [0.3, 0.4) is 0 Å². The van der Waals surface area contributed by atoms with Crippen molar-refractivity contribution in [2.75, 3.05) is 33.3 Å². The number of rotatable bonds is 3. The first-order valence-corrected chi connectivity index (χ1v) is 8.32. The lowest BCUT2D eigenvalue weighted by atomic mass is 9.94. The molecule has 2 amide bonds. The monoisotopic (exact) mass is 347 g/mol. The third-order valence-corrected chi connectivity index (χ3v) is 4.86. The Balaban J connectivity index is 0.00000264. The molecule has 0 aromatic carbocycles. The van der Waals surface area contributed by atoms with Crippen molar-refractivity contribution in [2.45, 2.75) is 51.8 Å². The van der Waals surface area contributed by atoms with Crippen molar-refractivity contribution < 1.29 is 14.3 Å². The van der Waals surface area contributed by atoms with Crippen LogP contribution in [0.15, 0.2) is 0 Å². The molecule has 1 N–H and O–H groups in total. The van der Waals surface area contributed by atoms with Gasteiger partial charge in [-0.25, -0.2) is 0 Å². The van der Waals surface area contributed by atoms with Crippen LogP contribution in [0, 0.1) is 5.92 Å². The van der Waals surface area contributed by atoms with Crippen molar-refractivity contribution in [1.29, 1.82) is 0 Å². The lowest BCUT2D eigenvalue weighted by Gasteiger charge is -2.38. The molecule has 23 heavy (non-hydrogen) atoms. The van der Waals surface area contributed by atoms with E-state index in [9.17, 15) is 9.59 Å². The summed E-state index contributed by atoms with van der Waals surface area (Å²) in [6, 6.07) is -0.0315. The number of hydrogen-bond donors (Lipinski definition) is 1. The van der Waals surface area contributed by atoms with Gasteiger partial charge in [0.2, 0.25) is 11.8 Å². The summed E-state index contributed by atoms with van der Waals surface area (Å²) >= 11 is 0. The van der Waals surface area contributed by atoms with Crippen LogP contribution in [0.4, 0.5) is 0 Å². The molecule has 0 saturated carbocycles. The highest BCUT2D eigenvalue weighted by Gasteiger charge is 2.35. The third-order valence-electron chi connectivity index (χ3n) is 4.86. The van der Waals surface area contributed by atoms with Crippen molar-refractivity contribution in [3.8, 4) is 0 Å². The SMILES string of the molecule is CC(C)N(C)C(=O)C1CCN(C(=O)[C@H]2NCCO[C@@H]2C)CC1.Cl. The first kappa shape index (κ1) is 20.2. The summed E-state index contributed by atoms with van der Waals surface area (Å²) in [6.45, 7) is 8.66. The van der Waals surface area contributed by atoms with Gasteiger partial charge in [0.15, 0.2) is 0 Å². The van der Waals surface area contributed by atoms with Crippen LogP contribution >= 0.6 is 12.4 Å². The Morgan fingerprint density at radius 3 is 2.39 bits per heavy atom. The van der Waals surface area contributed by atoms with Gasteiger partial charge >= 0.3 is 0 Å². The molecule has 2 heterocycles. The van der Waals surface area contributed by atoms with Crippen molar-refractivity contribution in [2.24, 2.45) is 5.92 Å². The van der Waals surface area contributed by atoms with E-state index in [1.807, 2.05) is 32.7 Å². The highest BCUT2D eigenvalue weighted by Crippen LogP contribution is 2.21.